The molecule has 2 rings (SSSR count). The van der Waals surface area contributed by atoms with Gasteiger partial charge in [-0.2, -0.15) is 0 Å². The van der Waals surface area contributed by atoms with E-state index in [0.29, 0.717) is 5.88 Å². The van der Waals surface area contributed by atoms with Gasteiger partial charge >= 0.3 is 0 Å². The summed E-state index contributed by atoms with van der Waals surface area (Å²) in [5.74, 6) is 1.31. The van der Waals surface area contributed by atoms with E-state index in [4.69, 9.17) is 15.0 Å². The Bertz CT molecular complexity index is 340. The van der Waals surface area contributed by atoms with E-state index < -0.39 is 0 Å². The molecule has 0 saturated heterocycles. The fourth-order valence-electron chi connectivity index (χ4n) is 1.65. The number of hydrogen-bond donors (Lipinski definition) is 1. The van der Waals surface area contributed by atoms with Crippen LogP contribution in [0.2, 0.25) is 0 Å². The number of hydrogen-bond acceptors (Lipinski definition) is 4. The van der Waals surface area contributed by atoms with E-state index in [2.05, 4.69) is 19.0 Å². The molecule has 1 aliphatic rings. The molecule has 0 bridgehead atoms. The Kier molecular flexibility index (Phi) is 1.86. The summed E-state index contributed by atoms with van der Waals surface area (Å²) in [5, 5.41) is 3.79. The van der Waals surface area contributed by atoms with Crippen molar-refractivity contribution in [2.24, 2.45) is 5.73 Å². The van der Waals surface area contributed by atoms with E-state index in [-0.39, 0.29) is 11.0 Å². The van der Waals surface area contributed by atoms with Crippen molar-refractivity contribution < 1.29 is 9.26 Å². The van der Waals surface area contributed by atoms with Gasteiger partial charge in [-0.3, -0.25) is 0 Å². The highest BCUT2D eigenvalue weighted by atomic mass is 16.5. The zero-order chi connectivity index (χ0) is 10.4. The predicted octanol–water partition coefficient (Wildman–Crippen LogP) is 1.45. The van der Waals surface area contributed by atoms with Crippen LogP contribution in [-0.4, -0.2) is 17.8 Å². The second-order valence-electron chi connectivity index (χ2n) is 4.51. The molecule has 1 saturated carbocycles. The number of nitrogens with zero attached hydrogens (tertiary/aromatic N) is 1. The second-order valence-corrected chi connectivity index (χ2v) is 4.51. The highest BCUT2D eigenvalue weighted by molar-refractivity contribution is 5.27. The number of methoxy groups -OCH3 is 1. The van der Waals surface area contributed by atoms with E-state index in [1.165, 1.54) is 0 Å². The maximum Gasteiger partial charge on any atom is 0.254 e. The van der Waals surface area contributed by atoms with Gasteiger partial charge in [-0.1, -0.05) is 13.8 Å². The van der Waals surface area contributed by atoms with Crippen LogP contribution in [0.3, 0.4) is 0 Å². The van der Waals surface area contributed by atoms with Crippen LogP contribution < -0.4 is 10.5 Å². The average molecular weight is 196 g/mol. The minimum Gasteiger partial charge on any atom is -0.479 e. The third-order valence-corrected chi connectivity index (χ3v) is 3.35. The Morgan fingerprint density at radius 2 is 2.21 bits per heavy atom. The summed E-state index contributed by atoms with van der Waals surface area (Å²) in [6.45, 7) is 4.17. The van der Waals surface area contributed by atoms with Crippen molar-refractivity contribution in [1.29, 1.82) is 0 Å². The highest BCUT2D eigenvalue weighted by Gasteiger charge is 2.54. The van der Waals surface area contributed by atoms with E-state index >= 15 is 0 Å². The first-order chi connectivity index (χ1) is 6.49. The Hall–Kier alpha value is -1.03. The van der Waals surface area contributed by atoms with Crippen molar-refractivity contribution in [1.82, 2.24) is 5.16 Å². The van der Waals surface area contributed by atoms with Crippen molar-refractivity contribution in [2.75, 3.05) is 7.11 Å². The van der Waals surface area contributed by atoms with Crippen LogP contribution in [0, 0.1) is 0 Å². The first-order valence-corrected chi connectivity index (χ1v) is 4.80. The van der Waals surface area contributed by atoms with Crippen LogP contribution in [0.15, 0.2) is 10.6 Å². The minimum absolute atomic E-state index is 0.127. The molecule has 78 valence electrons. The smallest absolute Gasteiger partial charge is 0.254 e. The summed E-state index contributed by atoms with van der Waals surface area (Å²) in [4.78, 5) is 0. The Morgan fingerprint density at radius 3 is 2.64 bits per heavy atom. The third-order valence-electron chi connectivity index (χ3n) is 3.35. The molecule has 14 heavy (non-hydrogen) atoms. The molecule has 1 heterocycles. The quantitative estimate of drug-likeness (QED) is 0.794. The van der Waals surface area contributed by atoms with E-state index in [1.54, 1.807) is 7.11 Å². The van der Waals surface area contributed by atoms with Gasteiger partial charge in [0.25, 0.3) is 5.88 Å². The lowest BCUT2D eigenvalue weighted by molar-refractivity contribution is 0.262. The first-order valence-electron chi connectivity index (χ1n) is 4.80. The van der Waals surface area contributed by atoms with Gasteiger partial charge in [0.05, 0.1) is 7.11 Å². The minimum atomic E-state index is -0.170. The first kappa shape index (κ1) is 9.52. The number of ether oxygens (including phenoxy) is 1. The molecule has 4 heteroatoms. The van der Waals surface area contributed by atoms with E-state index in [0.717, 1.165) is 18.6 Å². The summed E-state index contributed by atoms with van der Waals surface area (Å²) >= 11 is 0. The van der Waals surface area contributed by atoms with Crippen LogP contribution in [0.1, 0.15) is 32.4 Å². The molecule has 0 atom stereocenters. The van der Waals surface area contributed by atoms with Crippen LogP contribution >= 0.6 is 0 Å². The maximum atomic E-state index is 6.18. The summed E-state index contributed by atoms with van der Waals surface area (Å²) in [6, 6.07) is 1.81. The van der Waals surface area contributed by atoms with Crippen molar-refractivity contribution in [3.8, 4) is 5.88 Å². The fraction of sp³-hybridized carbons (Fsp3) is 0.700. The van der Waals surface area contributed by atoms with Gasteiger partial charge in [-0.25, -0.2) is 0 Å². The summed E-state index contributed by atoms with van der Waals surface area (Å²) < 4.78 is 10.2. The molecule has 0 aromatic carbocycles. The number of rotatable bonds is 3. The molecule has 1 aromatic rings. The van der Waals surface area contributed by atoms with Gasteiger partial charge in [0, 0.05) is 17.0 Å². The van der Waals surface area contributed by atoms with E-state index in [1.807, 2.05) is 6.07 Å². The van der Waals surface area contributed by atoms with Crippen molar-refractivity contribution >= 4 is 0 Å². The van der Waals surface area contributed by atoms with Crippen LogP contribution in [0.5, 0.6) is 5.88 Å². The lowest BCUT2D eigenvalue weighted by Crippen LogP contribution is -2.43. The molecule has 1 aromatic heterocycles. The predicted molar refractivity (Wildman–Crippen MR) is 52.2 cm³/mol. The van der Waals surface area contributed by atoms with Crippen molar-refractivity contribution in [2.45, 2.75) is 37.6 Å². The molecule has 1 fully saturated rings. The van der Waals surface area contributed by atoms with E-state index in [9.17, 15) is 0 Å². The SMILES string of the molecule is COc1cc(C(C)(C)C2(N)CC2)on1. The third kappa shape index (κ3) is 1.21. The van der Waals surface area contributed by atoms with Gasteiger partial charge in [-0.05, 0) is 18.0 Å². The molecule has 0 unspecified atom stereocenters. The molecule has 0 aliphatic heterocycles. The van der Waals surface area contributed by atoms with Crippen molar-refractivity contribution in [3.63, 3.8) is 0 Å². The normalized spacial score (nSPS) is 19.4. The molecule has 2 N–H and O–H groups in total. The van der Waals surface area contributed by atoms with Gasteiger partial charge in [0.15, 0.2) is 0 Å². The maximum absolute atomic E-state index is 6.18. The van der Waals surface area contributed by atoms with Gasteiger partial charge in [-0.15, -0.1) is 0 Å². The molecule has 1 aliphatic carbocycles. The second kappa shape index (κ2) is 2.73. The van der Waals surface area contributed by atoms with Crippen LogP contribution in [0.25, 0.3) is 0 Å². The van der Waals surface area contributed by atoms with Crippen LogP contribution in [0.4, 0.5) is 0 Å². The molecular weight excluding hydrogens is 180 g/mol. The van der Waals surface area contributed by atoms with Crippen molar-refractivity contribution in [3.05, 3.63) is 11.8 Å². The zero-order valence-corrected chi connectivity index (χ0v) is 8.83. The standard InChI is InChI=1S/C10H16N2O2/c1-9(2,10(11)4-5-10)7-6-8(13-3)12-14-7/h6H,4-5,11H2,1-3H3. The largest absolute Gasteiger partial charge is 0.479 e. The molecule has 4 nitrogen and oxygen atoms in total. The monoisotopic (exact) mass is 196 g/mol. The topological polar surface area (TPSA) is 61.3 Å². The molecule has 0 radical (unpaired) electrons. The summed E-state index contributed by atoms with van der Waals surface area (Å²) in [6.07, 6.45) is 2.09. The van der Waals surface area contributed by atoms with Gasteiger partial charge < -0.3 is 15.0 Å². The average Bonchev–Trinajstić information content (AvgIpc) is 2.73. The summed E-state index contributed by atoms with van der Waals surface area (Å²) in [5.41, 5.74) is 5.88. The molecule has 0 spiro atoms. The lowest BCUT2D eigenvalue weighted by atomic mass is 9.80. The molecule has 0 amide bonds. The van der Waals surface area contributed by atoms with Gasteiger partial charge in [0.2, 0.25) is 0 Å². The number of aromatic nitrogens is 1. The molecular formula is C10H16N2O2. The van der Waals surface area contributed by atoms with Gasteiger partial charge in [0.1, 0.15) is 5.76 Å². The Labute approximate surface area is 83.4 Å². The zero-order valence-electron chi connectivity index (χ0n) is 8.83. The number of nitrogens with two attached hydrogens (primary N) is 1. The Morgan fingerprint density at radius 1 is 1.57 bits per heavy atom. The summed E-state index contributed by atoms with van der Waals surface area (Å²) in [7, 11) is 1.57. The Balaban J connectivity index is 2.29. The lowest BCUT2D eigenvalue weighted by Gasteiger charge is -2.28. The fourth-order valence-corrected chi connectivity index (χ4v) is 1.65. The highest BCUT2D eigenvalue weighted by Crippen LogP contribution is 2.49. The van der Waals surface area contributed by atoms with Crippen LogP contribution in [-0.2, 0) is 5.41 Å².